The van der Waals surface area contributed by atoms with Crippen LogP contribution in [0.15, 0.2) is 41.3 Å². The number of anilines is 1. The SMILES string of the molecule is COc1cc(/C=C2\C(=O)Nc3cc(Cl)ccc32)ccc1SC. The fourth-order valence-corrected chi connectivity index (χ4v) is 3.14. The number of carbonyl (C=O) groups excluding carboxylic acids is 1. The van der Waals surface area contributed by atoms with Crippen molar-refractivity contribution in [2.75, 3.05) is 18.7 Å². The van der Waals surface area contributed by atoms with Crippen molar-refractivity contribution in [3.8, 4) is 5.75 Å². The minimum Gasteiger partial charge on any atom is -0.496 e. The summed E-state index contributed by atoms with van der Waals surface area (Å²) in [6, 6.07) is 11.3. The number of fused-ring (bicyclic) bond motifs is 1. The van der Waals surface area contributed by atoms with E-state index in [1.165, 1.54) is 0 Å². The molecule has 0 aromatic heterocycles. The number of hydrogen-bond donors (Lipinski definition) is 1. The van der Waals surface area contributed by atoms with E-state index in [1.54, 1.807) is 31.0 Å². The molecule has 1 heterocycles. The summed E-state index contributed by atoms with van der Waals surface area (Å²) in [6.07, 6.45) is 3.86. The molecule has 0 atom stereocenters. The molecule has 22 heavy (non-hydrogen) atoms. The van der Waals surface area contributed by atoms with Gasteiger partial charge in [-0.1, -0.05) is 23.7 Å². The molecule has 1 amide bonds. The van der Waals surface area contributed by atoms with Crippen molar-refractivity contribution in [1.82, 2.24) is 0 Å². The summed E-state index contributed by atoms with van der Waals surface area (Å²) >= 11 is 7.58. The molecule has 0 saturated carbocycles. The third-order valence-corrected chi connectivity index (χ3v) is 4.50. The van der Waals surface area contributed by atoms with E-state index in [4.69, 9.17) is 16.3 Å². The average molecular weight is 332 g/mol. The standard InChI is InChI=1S/C17H14ClNO2S/c1-21-15-8-10(3-6-16(15)22-2)7-13-12-5-4-11(18)9-14(12)19-17(13)20/h3-9H,1-2H3,(H,19,20)/b13-7-. The lowest BCUT2D eigenvalue weighted by atomic mass is 10.0. The summed E-state index contributed by atoms with van der Waals surface area (Å²) in [5.74, 6) is 0.682. The third-order valence-electron chi connectivity index (χ3n) is 3.48. The molecule has 2 aromatic rings. The number of rotatable bonds is 3. The fourth-order valence-electron chi connectivity index (χ4n) is 2.42. The number of thioether (sulfide) groups is 1. The lowest BCUT2D eigenvalue weighted by Crippen LogP contribution is -2.03. The smallest absolute Gasteiger partial charge is 0.256 e. The number of hydrogen-bond acceptors (Lipinski definition) is 3. The maximum absolute atomic E-state index is 12.2. The van der Waals surface area contributed by atoms with E-state index in [1.807, 2.05) is 36.6 Å². The lowest BCUT2D eigenvalue weighted by Gasteiger charge is -2.07. The van der Waals surface area contributed by atoms with Crippen LogP contribution in [0.25, 0.3) is 11.6 Å². The lowest BCUT2D eigenvalue weighted by molar-refractivity contribution is -0.110. The number of halogens is 1. The molecule has 0 saturated heterocycles. The van der Waals surface area contributed by atoms with Crippen LogP contribution in [0.2, 0.25) is 5.02 Å². The van der Waals surface area contributed by atoms with Crippen LogP contribution in [0.3, 0.4) is 0 Å². The second kappa shape index (κ2) is 6.07. The number of methoxy groups -OCH3 is 1. The van der Waals surface area contributed by atoms with E-state index in [9.17, 15) is 4.79 Å². The van der Waals surface area contributed by atoms with Gasteiger partial charge in [-0.3, -0.25) is 4.79 Å². The van der Waals surface area contributed by atoms with Crippen molar-refractivity contribution in [3.63, 3.8) is 0 Å². The van der Waals surface area contributed by atoms with Crippen LogP contribution in [-0.4, -0.2) is 19.3 Å². The normalized spacial score (nSPS) is 14.9. The Hall–Kier alpha value is -1.91. The van der Waals surface area contributed by atoms with Crippen LogP contribution in [0.1, 0.15) is 11.1 Å². The number of nitrogens with one attached hydrogen (secondary N) is 1. The molecule has 1 aliphatic rings. The molecular weight excluding hydrogens is 318 g/mol. The quantitative estimate of drug-likeness (QED) is 0.661. The number of carbonyl (C=O) groups is 1. The van der Waals surface area contributed by atoms with Crippen molar-refractivity contribution in [3.05, 3.63) is 52.5 Å². The summed E-state index contributed by atoms with van der Waals surface area (Å²) in [7, 11) is 1.64. The Balaban J connectivity index is 2.04. The Morgan fingerprint density at radius 2 is 2.05 bits per heavy atom. The van der Waals surface area contributed by atoms with E-state index in [-0.39, 0.29) is 5.91 Å². The first-order valence-corrected chi connectivity index (χ1v) is 8.27. The van der Waals surface area contributed by atoms with Gasteiger partial charge in [0.25, 0.3) is 5.91 Å². The Labute approximate surface area is 138 Å². The second-order valence-corrected chi connectivity index (χ2v) is 6.10. The molecule has 3 nitrogen and oxygen atoms in total. The van der Waals surface area contributed by atoms with Crippen LogP contribution in [0, 0.1) is 0 Å². The molecule has 1 N–H and O–H groups in total. The van der Waals surface area contributed by atoms with Crippen LogP contribution < -0.4 is 10.1 Å². The van der Waals surface area contributed by atoms with Gasteiger partial charge in [-0.05, 0) is 42.2 Å². The maximum atomic E-state index is 12.2. The van der Waals surface area contributed by atoms with E-state index in [0.717, 1.165) is 27.5 Å². The molecule has 3 rings (SSSR count). The monoisotopic (exact) mass is 331 g/mol. The molecule has 0 aliphatic carbocycles. The summed E-state index contributed by atoms with van der Waals surface area (Å²) in [4.78, 5) is 13.2. The molecule has 0 bridgehead atoms. The first-order chi connectivity index (χ1) is 10.6. The Morgan fingerprint density at radius 3 is 2.77 bits per heavy atom. The maximum Gasteiger partial charge on any atom is 0.256 e. The zero-order valence-corrected chi connectivity index (χ0v) is 13.7. The molecule has 5 heteroatoms. The van der Waals surface area contributed by atoms with Gasteiger partial charge in [-0.15, -0.1) is 11.8 Å². The molecule has 112 valence electrons. The average Bonchev–Trinajstić information content (AvgIpc) is 2.82. The molecule has 2 aromatic carbocycles. The van der Waals surface area contributed by atoms with E-state index in [2.05, 4.69) is 5.32 Å². The number of amides is 1. The van der Waals surface area contributed by atoms with E-state index in [0.29, 0.717) is 10.6 Å². The van der Waals surface area contributed by atoms with Crippen LogP contribution in [0.5, 0.6) is 5.75 Å². The minimum atomic E-state index is -0.120. The van der Waals surface area contributed by atoms with Crippen molar-refractivity contribution in [2.24, 2.45) is 0 Å². The minimum absolute atomic E-state index is 0.120. The third kappa shape index (κ3) is 2.72. The molecule has 0 unspecified atom stereocenters. The zero-order valence-electron chi connectivity index (χ0n) is 12.1. The summed E-state index contributed by atoms with van der Waals surface area (Å²) in [6.45, 7) is 0. The van der Waals surface area contributed by atoms with Crippen molar-refractivity contribution >= 4 is 46.6 Å². The highest BCUT2D eigenvalue weighted by atomic mass is 35.5. The number of ether oxygens (including phenoxy) is 1. The predicted octanol–water partition coefficient (Wildman–Crippen LogP) is 4.56. The van der Waals surface area contributed by atoms with Crippen molar-refractivity contribution in [1.29, 1.82) is 0 Å². The topological polar surface area (TPSA) is 38.3 Å². The molecule has 0 fully saturated rings. The molecule has 0 spiro atoms. The first kappa shape index (κ1) is 15.0. The van der Waals surface area contributed by atoms with Gasteiger partial charge in [0.05, 0.1) is 12.8 Å². The van der Waals surface area contributed by atoms with Gasteiger partial charge in [-0.25, -0.2) is 0 Å². The van der Waals surface area contributed by atoms with E-state index >= 15 is 0 Å². The van der Waals surface area contributed by atoms with E-state index < -0.39 is 0 Å². The highest BCUT2D eigenvalue weighted by Gasteiger charge is 2.24. The Bertz CT molecular complexity index is 786. The van der Waals surface area contributed by atoms with Gasteiger partial charge in [0.2, 0.25) is 0 Å². The molecule has 1 aliphatic heterocycles. The van der Waals surface area contributed by atoms with Crippen LogP contribution in [0.4, 0.5) is 5.69 Å². The second-order valence-electron chi connectivity index (χ2n) is 4.82. The van der Waals surface area contributed by atoms with Crippen molar-refractivity contribution < 1.29 is 9.53 Å². The van der Waals surface area contributed by atoms with Gasteiger partial charge in [0.15, 0.2) is 0 Å². The number of benzene rings is 2. The van der Waals surface area contributed by atoms with Gasteiger partial charge < -0.3 is 10.1 Å². The molecule has 0 radical (unpaired) electrons. The first-order valence-electron chi connectivity index (χ1n) is 6.67. The highest BCUT2D eigenvalue weighted by molar-refractivity contribution is 7.98. The van der Waals surface area contributed by atoms with Gasteiger partial charge in [0.1, 0.15) is 5.75 Å². The van der Waals surface area contributed by atoms with Crippen LogP contribution >= 0.6 is 23.4 Å². The van der Waals surface area contributed by atoms with Gasteiger partial charge >= 0.3 is 0 Å². The summed E-state index contributed by atoms with van der Waals surface area (Å²) in [5, 5.41) is 3.44. The zero-order chi connectivity index (χ0) is 15.7. The fraction of sp³-hybridized carbons (Fsp3) is 0.118. The Morgan fingerprint density at radius 1 is 1.23 bits per heavy atom. The highest BCUT2D eigenvalue weighted by Crippen LogP contribution is 2.36. The predicted molar refractivity (Wildman–Crippen MR) is 92.7 cm³/mol. The van der Waals surface area contributed by atoms with Crippen LogP contribution in [-0.2, 0) is 4.79 Å². The largest absolute Gasteiger partial charge is 0.496 e. The Kier molecular flexibility index (Phi) is 4.14. The van der Waals surface area contributed by atoms with Gasteiger partial charge in [0, 0.05) is 21.1 Å². The van der Waals surface area contributed by atoms with Crippen molar-refractivity contribution in [2.45, 2.75) is 4.90 Å². The molecular formula is C17H14ClNO2S. The summed E-state index contributed by atoms with van der Waals surface area (Å²) in [5.41, 5.74) is 3.16. The summed E-state index contributed by atoms with van der Waals surface area (Å²) < 4.78 is 5.39. The van der Waals surface area contributed by atoms with Gasteiger partial charge in [-0.2, -0.15) is 0 Å².